The highest BCUT2D eigenvalue weighted by atomic mass is 35.5. The highest BCUT2D eigenvalue weighted by Crippen LogP contribution is 1.93. The van der Waals surface area contributed by atoms with Crippen LogP contribution >= 0.6 is 11.6 Å². The predicted octanol–water partition coefficient (Wildman–Crippen LogP) is 0.835. The molecule has 44 valence electrons. The number of halogens is 1. The van der Waals surface area contributed by atoms with Gasteiger partial charge in [0.1, 0.15) is 0 Å². The van der Waals surface area contributed by atoms with E-state index in [-0.39, 0.29) is 11.1 Å². The highest BCUT2D eigenvalue weighted by molar-refractivity contribution is 7.79. The maximum Gasteiger partial charge on any atom is 0.154 e. The molecule has 0 radical (unpaired) electrons. The van der Waals surface area contributed by atoms with Crippen LogP contribution in [0.5, 0.6) is 0 Å². The van der Waals surface area contributed by atoms with Gasteiger partial charge in [0.15, 0.2) is 11.1 Å². The molecular weight excluding hydrogens is 136 g/mol. The van der Waals surface area contributed by atoms with Crippen molar-refractivity contribution in [1.29, 1.82) is 0 Å². The molecule has 0 heterocycles. The molecule has 0 rings (SSSR count). The van der Waals surface area contributed by atoms with E-state index in [1.807, 2.05) is 0 Å². The van der Waals surface area contributed by atoms with Gasteiger partial charge in [0.25, 0.3) is 0 Å². The molecule has 7 heavy (non-hydrogen) atoms. The molecule has 0 aromatic rings. The van der Waals surface area contributed by atoms with Gasteiger partial charge in [-0.05, 0) is 6.92 Å². The summed E-state index contributed by atoms with van der Waals surface area (Å²) in [7, 11) is 0. The Bertz CT molecular complexity index is 73.3. The molecule has 0 bridgehead atoms. The van der Waals surface area contributed by atoms with E-state index >= 15 is 0 Å². The average molecular weight is 143 g/mol. The minimum atomic E-state index is -1.73. The van der Waals surface area contributed by atoms with E-state index in [0.29, 0.717) is 0 Å². The van der Waals surface area contributed by atoms with Crippen molar-refractivity contribution in [3.05, 3.63) is 0 Å². The van der Waals surface area contributed by atoms with Crippen molar-refractivity contribution >= 4 is 22.7 Å². The van der Waals surface area contributed by atoms with Crippen LogP contribution in [0.15, 0.2) is 0 Å². The van der Waals surface area contributed by atoms with Gasteiger partial charge in [0.05, 0.1) is 5.75 Å². The second-order valence-electron chi connectivity index (χ2n) is 1.27. The Balaban J connectivity index is 3.13. The van der Waals surface area contributed by atoms with Crippen LogP contribution in [-0.2, 0) is 11.1 Å². The summed E-state index contributed by atoms with van der Waals surface area (Å²) in [6, 6.07) is 0. The summed E-state index contributed by atoms with van der Waals surface area (Å²) < 4.78 is 17.9. The molecule has 2 unspecified atom stereocenters. The van der Waals surface area contributed by atoms with E-state index in [1.54, 1.807) is 6.92 Å². The first-order valence-electron chi connectivity index (χ1n) is 1.84. The zero-order valence-corrected chi connectivity index (χ0v) is 5.50. The maximum absolute atomic E-state index is 9.84. The third-order valence-electron chi connectivity index (χ3n) is 0.372. The molecule has 0 saturated carbocycles. The van der Waals surface area contributed by atoms with Gasteiger partial charge in [-0.25, -0.2) is 4.21 Å². The molecular formula is C3H7ClO2S. The molecule has 2 atom stereocenters. The van der Waals surface area contributed by atoms with Crippen LogP contribution in [0.4, 0.5) is 0 Å². The molecule has 0 aliphatic heterocycles. The van der Waals surface area contributed by atoms with E-state index in [9.17, 15) is 4.21 Å². The second kappa shape index (κ2) is 3.41. The Morgan fingerprint density at radius 1 is 2.00 bits per heavy atom. The maximum atomic E-state index is 9.84. The lowest BCUT2D eigenvalue weighted by molar-refractivity contribution is 0.563. The molecule has 0 fully saturated rings. The largest absolute Gasteiger partial charge is 0.306 e. The van der Waals surface area contributed by atoms with E-state index in [4.69, 9.17) is 16.2 Å². The van der Waals surface area contributed by atoms with Crippen LogP contribution in [0, 0.1) is 0 Å². The fraction of sp³-hybridized carbons (Fsp3) is 1.00. The monoisotopic (exact) mass is 142 g/mol. The Morgan fingerprint density at radius 3 is 2.43 bits per heavy atom. The van der Waals surface area contributed by atoms with Gasteiger partial charge in [-0.2, -0.15) is 0 Å². The molecule has 0 aliphatic carbocycles. The van der Waals surface area contributed by atoms with Gasteiger partial charge in [0.2, 0.25) is 0 Å². The first kappa shape index (κ1) is 7.40. The standard InChI is InChI=1S/C3H7ClO2S/c1-3(4)2-7(5)6/h3H,2H2,1H3,(H,5,6). The summed E-state index contributed by atoms with van der Waals surface area (Å²) in [5, 5.41) is -0.203. The van der Waals surface area contributed by atoms with Crippen molar-refractivity contribution in [1.82, 2.24) is 0 Å². The van der Waals surface area contributed by atoms with Crippen molar-refractivity contribution in [3.63, 3.8) is 0 Å². The summed E-state index contributed by atoms with van der Waals surface area (Å²) in [5.74, 6) is 0.154. The quantitative estimate of drug-likeness (QED) is 0.458. The van der Waals surface area contributed by atoms with Crippen molar-refractivity contribution in [3.8, 4) is 0 Å². The third-order valence-corrected chi connectivity index (χ3v) is 1.49. The first-order chi connectivity index (χ1) is 3.13. The van der Waals surface area contributed by atoms with Crippen LogP contribution in [0.2, 0.25) is 0 Å². The topological polar surface area (TPSA) is 37.3 Å². The molecule has 0 amide bonds. The number of alkyl halides is 1. The summed E-state index contributed by atoms with van der Waals surface area (Å²) in [6.07, 6.45) is 0. The molecule has 0 spiro atoms. The third kappa shape index (κ3) is 6.40. The summed E-state index contributed by atoms with van der Waals surface area (Å²) in [4.78, 5) is 0. The van der Waals surface area contributed by atoms with E-state index in [2.05, 4.69) is 0 Å². The Morgan fingerprint density at radius 2 is 2.43 bits per heavy atom. The van der Waals surface area contributed by atoms with Crippen LogP contribution < -0.4 is 0 Å². The molecule has 4 heteroatoms. The van der Waals surface area contributed by atoms with Crippen LogP contribution in [0.3, 0.4) is 0 Å². The molecule has 0 aromatic heterocycles. The van der Waals surface area contributed by atoms with Gasteiger partial charge in [0, 0.05) is 5.38 Å². The predicted molar refractivity (Wildman–Crippen MR) is 31.0 cm³/mol. The Kier molecular flexibility index (Phi) is 3.60. The fourth-order valence-electron chi connectivity index (χ4n) is 0.196. The SMILES string of the molecule is CC(Cl)CS(=O)O. The first-order valence-corrected chi connectivity index (χ1v) is 3.55. The number of hydrogen-bond donors (Lipinski definition) is 1. The van der Waals surface area contributed by atoms with Gasteiger partial charge < -0.3 is 4.55 Å². The second-order valence-corrected chi connectivity index (χ2v) is 2.99. The molecule has 0 aliphatic rings. The Labute approximate surface area is 50.1 Å². The van der Waals surface area contributed by atoms with Crippen molar-refractivity contribution in [2.75, 3.05) is 5.75 Å². The minimum Gasteiger partial charge on any atom is -0.306 e. The van der Waals surface area contributed by atoms with Gasteiger partial charge in [-0.3, -0.25) is 0 Å². The summed E-state index contributed by atoms with van der Waals surface area (Å²) >= 11 is 3.59. The summed E-state index contributed by atoms with van der Waals surface area (Å²) in [6.45, 7) is 1.68. The zero-order chi connectivity index (χ0) is 5.86. The van der Waals surface area contributed by atoms with E-state index < -0.39 is 11.1 Å². The minimum absolute atomic E-state index is 0.154. The number of hydrogen-bond acceptors (Lipinski definition) is 1. The van der Waals surface area contributed by atoms with E-state index in [1.165, 1.54) is 0 Å². The lowest BCUT2D eigenvalue weighted by Crippen LogP contribution is -2.04. The molecule has 1 N–H and O–H groups in total. The van der Waals surface area contributed by atoms with Gasteiger partial charge in [-0.1, -0.05) is 0 Å². The van der Waals surface area contributed by atoms with Gasteiger partial charge >= 0.3 is 0 Å². The van der Waals surface area contributed by atoms with Crippen molar-refractivity contribution < 1.29 is 8.76 Å². The van der Waals surface area contributed by atoms with E-state index in [0.717, 1.165) is 0 Å². The Hall–Kier alpha value is 0.400. The zero-order valence-electron chi connectivity index (χ0n) is 3.93. The summed E-state index contributed by atoms with van der Waals surface area (Å²) in [5.41, 5.74) is 0. The average Bonchev–Trinajstić information content (AvgIpc) is 1.27. The highest BCUT2D eigenvalue weighted by Gasteiger charge is 1.98. The normalized spacial score (nSPS) is 18.7. The molecule has 0 aromatic carbocycles. The van der Waals surface area contributed by atoms with Crippen LogP contribution in [0.1, 0.15) is 6.92 Å². The molecule has 2 nitrogen and oxygen atoms in total. The van der Waals surface area contributed by atoms with Crippen molar-refractivity contribution in [2.45, 2.75) is 12.3 Å². The smallest absolute Gasteiger partial charge is 0.154 e. The van der Waals surface area contributed by atoms with Crippen molar-refractivity contribution in [2.24, 2.45) is 0 Å². The lowest BCUT2D eigenvalue weighted by Gasteiger charge is -1.92. The fourth-order valence-corrected chi connectivity index (χ4v) is 0.913. The number of rotatable bonds is 2. The van der Waals surface area contributed by atoms with Crippen LogP contribution in [0.25, 0.3) is 0 Å². The molecule has 0 saturated heterocycles. The van der Waals surface area contributed by atoms with Gasteiger partial charge in [-0.15, -0.1) is 11.6 Å². The lowest BCUT2D eigenvalue weighted by atomic mass is 10.6. The van der Waals surface area contributed by atoms with Crippen LogP contribution in [-0.4, -0.2) is 19.9 Å².